The van der Waals surface area contributed by atoms with Crippen molar-refractivity contribution in [3.63, 3.8) is 0 Å². The van der Waals surface area contributed by atoms with Crippen molar-refractivity contribution in [2.45, 2.75) is 20.0 Å². The first kappa shape index (κ1) is 18.3. The number of carbonyl (C=O) groups excluding carboxylic acids is 1. The number of anilines is 1. The maximum Gasteiger partial charge on any atom is 0.239 e. The van der Waals surface area contributed by atoms with Crippen molar-refractivity contribution in [2.24, 2.45) is 4.99 Å². The second-order valence-corrected chi connectivity index (χ2v) is 6.90. The molecule has 6 nitrogen and oxygen atoms in total. The number of piperazine rings is 1. The molecular formula is C19H25N5OS. The predicted octanol–water partition coefficient (Wildman–Crippen LogP) is 1.94. The molecule has 0 spiro atoms. The van der Waals surface area contributed by atoms with Crippen molar-refractivity contribution in [1.82, 2.24) is 16.0 Å². The molecule has 1 fully saturated rings. The van der Waals surface area contributed by atoms with Gasteiger partial charge in [-0.25, -0.2) is 4.99 Å². The van der Waals surface area contributed by atoms with Gasteiger partial charge in [-0.05, 0) is 47.0 Å². The van der Waals surface area contributed by atoms with E-state index in [1.54, 1.807) is 11.3 Å². The van der Waals surface area contributed by atoms with Gasteiger partial charge in [0.05, 0.1) is 13.1 Å². The number of rotatable bonds is 6. The monoisotopic (exact) mass is 371 g/mol. The van der Waals surface area contributed by atoms with Crippen LogP contribution < -0.4 is 20.9 Å². The average molecular weight is 372 g/mol. The Bertz CT molecular complexity index is 727. The molecule has 3 N–H and O–H groups in total. The number of thiophene rings is 1. The van der Waals surface area contributed by atoms with Gasteiger partial charge in [-0.1, -0.05) is 12.1 Å². The van der Waals surface area contributed by atoms with E-state index in [1.807, 2.05) is 0 Å². The second-order valence-electron chi connectivity index (χ2n) is 6.12. The molecule has 26 heavy (non-hydrogen) atoms. The normalized spacial score (nSPS) is 14.9. The molecular weight excluding hydrogens is 346 g/mol. The van der Waals surface area contributed by atoms with Crippen LogP contribution in [-0.4, -0.2) is 38.0 Å². The summed E-state index contributed by atoms with van der Waals surface area (Å²) in [7, 11) is 0. The van der Waals surface area contributed by atoms with Crippen LogP contribution in [0.2, 0.25) is 0 Å². The average Bonchev–Trinajstić information content (AvgIpc) is 3.18. The van der Waals surface area contributed by atoms with Gasteiger partial charge in [0.15, 0.2) is 5.96 Å². The summed E-state index contributed by atoms with van der Waals surface area (Å²) < 4.78 is 0. The van der Waals surface area contributed by atoms with E-state index in [4.69, 9.17) is 0 Å². The maximum atomic E-state index is 11.5. The van der Waals surface area contributed by atoms with E-state index in [0.29, 0.717) is 26.2 Å². The second kappa shape index (κ2) is 9.24. The molecule has 0 radical (unpaired) electrons. The number of guanidine groups is 1. The molecule has 1 aliphatic rings. The zero-order valence-electron chi connectivity index (χ0n) is 15.0. The molecule has 3 rings (SSSR count). The fraction of sp³-hybridized carbons (Fsp3) is 0.368. The van der Waals surface area contributed by atoms with Crippen LogP contribution >= 0.6 is 11.3 Å². The smallest absolute Gasteiger partial charge is 0.239 e. The van der Waals surface area contributed by atoms with Crippen LogP contribution in [0.4, 0.5) is 5.69 Å². The van der Waals surface area contributed by atoms with E-state index in [2.05, 4.69) is 73.9 Å². The van der Waals surface area contributed by atoms with E-state index in [0.717, 1.165) is 24.7 Å². The summed E-state index contributed by atoms with van der Waals surface area (Å²) in [5, 5.41) is 13.7. The molecule has 0 unspecified atom stereocenters. The van der Waals surface area contributed by atoms with Crippen molar-refractivity contribution in [1.29, 1.82) is 0 Å². The van der Waals surface area contributed by atoms with Crippen LogP contribution in [-0.2, 0) is 17.9 Å². The van der Waals surface area contributed by atoms with Crippen LogP contribution in [0.15, 0.2) is 46.1 Å². The van der Waals surface area contributed by atoms with Gasteiger partial charge in [0.25, 0.3) is 0 Å². The fourth-order valence-electron chi connectivity index (χ4n) is 2.76. The van der Waals surface area contributed by atoms with Crippen molar-refractivity contribution in [3.8, 4) is 0 Å². The molecule has 0 atom stereocenters. The Morgan fingerprint density at radius 2 is 2.08 bits per heavy atom. The van der Waals surface area contributed by atoms with Gasteiger partial charge in [-0.15, -0.1) is 0 Å². The van der Waals surface area contributed by atoms with E-state index >= 15 is 0 Å². The van der Waals surface area contributed by atoms with Gasteiger partial charge in [0, 0.05) is 31.9 Å². The Hall–Kier alpha value is -2.54. The predicted molar refractivity (Wildman–Crippen MR) is 108 cm³/mol. The molecule has 2 aromatic rings. The van der Waals surface area contributed by atoms with Gasteiger partial charge in [0.2, 0.25) is 5.91 Å². The summed E-state index contributed by atoms with van der Waals surface area (Å²) in [5.41, 5.74) is 3.49. The zero-order valence-corrected chi connectivity index (χ0v) is 15.8. The summed E-state index contributed by atoms with van der Waals surface area (Å²) in [6, 6.07) is 10.4. The van der Waals surface area contributed by atoms with Crippen LogP contribution in [0.1, 0.15) is 18.1 Å². The van der Waals surface area contributed by atoms with Crippen molar-refractivity contribution >= 4 is 28.9 Å². The zero-order chi connectivity index (χ0) is 18.2. The Morgan fingerprint density at radius 3 is 2.77 bits per heavy atom. The Labute approximate surface area is 158 Å². The van der Waals surface area contributed by atoms with Gasteiger partial charge in [-0.2, -0.15) is 11.3 Å². The minimum Gasteiger partial charge on any atom is -0.360 e. The highest BCUT2D eigenvalue weighted by molar-refractivity contribution is 7.07. The molecule has 0 aliphatic carbocycles. The highest BCUT2D eigenvalue weighted by atomic mass is 32.1. The fourth-order valence-corrected chi connectivity index (χ4v) is 3.42. The molecule has 0 saturated carbocycles. The highest BCUT2D eigenvalue weighted by Gasteiger charge is 2.16. The van der Waals surface area contributed by atoms with E-state index in [-0.39, 0.29) is 5.91 Å². The number of hydrogen-bond donors (Lipinski definition) is 3. The number of aliphatic imine (C=N–C) groups is 1. The van der Waals surface area contributed by atoms with Crippen LogP contribution in [0, 0.1) is 0 Å². The molecule has 7 heteroatoms. The van der Waals surface area contributed by atoms with Crippen LogP contribution in [0.3, 0.4) is 0 Å². The van der Waals surface area contributed by atoms with Crippen molar-refractivity contribution in [2.75, 3.05) is 31.1 Å². The Kier molecular flexibility index (Phi) is 6.49. The first-order chi connectivity index (χ1) is 12.7. The highest BCUT2D eigenvalue weighted by Crippen LogP contribution is 2.16. The van der Waals surface area contributed by atoms with E-state index in [9.17, 15) is 4.79 Å². The standard InChI is InChI=1S/C19H25N5OS/c1-2-20-19(23-12-16-7-10-26-14-16)22-11-15-3-5-17(6-4-15)24-9-8-21-18(25)13-24/h3-7,10,14H,2,8-9,11-13H2,1H3,(H,21,25)(H2,20,22,23). The van der Waals surface area contributed by atoms with E-state index < -0.39 is 0 Å². The van der Waals surface area contributed by atoms with Crippen LogP contribution in [0.5, 0.6) is 0 Å². The quantitative estimate of drug-likeness (QED) is 0.536. The summed E-state index contributed by atoms with van der Waals surface area (Å²) >= 11 is 1.69. The molecule has 2 heterocycles. The Morgan fingerprint density at radius 1 is 1.23 bits per heavy atom. The molecule has 138 valence electrons. The topological polar surface area (TPSA) is 68.8 Å². The number of benzene rings is 1. The molecule has 1 aromatic carbocycles. The summed E-state index contributed by atoms with van der Waals surface area (Å²) in [6.45, 7) is 6.25. The number of nitrogens with zero attached hydrogens (tertiary/aromatic N) is 2. The number of carbonyl (C=O) groups is 1. The minimum atomic E-state index is 0.0825. The number of hydrogen-bond acceptors (Lipinski definition) is 4. The first-order valence-corrected chi connectivity index (χ1v) is 9.82. The lowest BCUT2D eigenvalue weighted by atomic mass is 10.2. The van der Waals surface area contributed by atoms with Gasteiger partial charge >= 0.3 is 0 Å². The lowest BCUT2D eigenvalue weighted by molar-refractivity contribution is -0.120. The molecule has 1 amide bonds. The van der Waals surface area contributed by atoms with Gasteiger partial charge in [0.1, 0.15) is 0 Å². The third-order valence-electron chi connectivity index (χ3n) is 4.14. The third-order valence-corrected chi connectivity index (χ3v) is 4.88. The lowest BCUT2D eigenvalue weighted by Crippen LogP contribution is -2.47. The molecule has 1 aromatic heterocycles. The Balaban J connectivity index is 1.55. The largest absolute Gasteiger partial charge is 0.360 e. The summed E-state index contributed by atoms with van der Waals surface area (Å²) in [4.78, 5) is 18.2. The molecule has 1 saturated heterocycles. The van der Waals surface area contributed by atoms with Crippen molar-refractivity contribution < 1.29 is 4.79 Å². The first-order valence-electron chi connectivity index (χ1n) is 8.88. The van der Waals surface area contributed by atoms with Gasteiger partial charge in [-0.3, -0.25) is 4.79 Å². The summed E-state index contributed by atoms with van der Waals surface area (Å²) in [5.74, 6) is 0.898. The lowest BCUT2D eigenvalue weighted by Gasteiger charge is -2.28. The molecule has 0 bridgehead atoms. The molecule has 1 aliphatic heterocycles. The maximum absolute atomic E-state index is 11.5. The third kappa shape index (κ3) is 5.23. The minimum absolute atomic E-state index is 0.0825. The van der Waals surface area contributed by atoms with Crippen LogP contribution in [0.25, 0.3) is 0 Å². The number of amides is 1. The SMILES string of the molecule is CCNC(=NCc1ccsc1)NCc1ccc(N2CCNC(=O)C2)cc1. The van der Waals surface area contributed by atoms with Crippen molar-refractivity contribution in [3.05, 3.63) is 52.2 Å². The van der Waals surface area contributed by atoms with E-state index in [1.165, 1.54) is 11.1 Å². The number of nitrogens with one attached hydrogen (secondary N) is 3. The summed E-state index contributed by atoms with van der Waals surface area (Å²) in [6.07, 6.45) is 0. The van der Waals surface area contributed by atoms with Gasteiger partial charge < -0.3 is 20.9 Å².